The van der Waals surface area contributed by atoms with Crippen LogP contribution in [-0.2, 0) is 0 Å². The minimum atomic E-state index is 0.640. The Morgan fingerprint density at radius 3 is 1.36 bits per heavy atom. The highest BCUT2D eigenvalue weighted by Crippen LogP contribution is 2.43. The molecule has 0 bridgehead atoms. The van der Waals surface area contributed by atoms with Crippen molar-refractivity contribution in [3.05, 3.63) is 56.1 Å². The standard InChI is InChI=1S/C34H40Br2N2O4/c1-3-5-7-9-11-13-15-39-29-19-25-31(17-23(29)35)41-33-22-28-34(21-27(33)37-25)42-32-18-24(36)30(20-26(32)38-28)40-16-14-12-10-8-6-4-2/h17-22H,3-16H2,1-2H3. The highest BCUT2D eigenvalue weighted by atomic mass is 79.9. The molecule has 0 atom stereocenters. The molecule has 0 spiro atoms. The monoisotopic (exact) mass is 698 g/mol. The number of unbranched alkanes of at least 4 members (excludes halogenated alkanes) is 10. The van der Waals surface area contributed by atoms with E-state index in [-0.39, 0.29) is 0 Å². The first kappa shape index (κ1) is 30.9. The molecule has 3 aromatic rings. The zero-order valence-electron chi connectivity index (χ0n) is 24.6. The van der Waals surface area contributed by atoms with Gasteiger partial charge in [0.2, 0.25) is 0 Å². The summed E-state index contributed by atoms with van der Waals surface area (Å²) in [6.45, 7) is 5.85. The first-order valence-corrected chi connectivity index (χ1v) is 17.0. The van der Waals surface area contributed by atoms with Crippen molar-refractivity contribution in [2.24, 2.45) is 9.98 Å². The van der Waals surface area contributed by atoms with Gasteiger partial charge in [-0.05, 0) is 44.7 Å². The van der Waals surface area contributed by atoms with Gasteiger partial charge in [0.05, 0.1) is 22.2 Å². The second-order valence-electron chi connectivity index (χ2n) is 10.9. The molecule has 0 saturated heterocycles. The van der Waals surface area contributed by atoms with Gasteiger partial charge >= 0.3 is 0 Å². The van der Waals surface area contributed by atoms with E-state index in [1.165, 1.54) is 64.2 Å². The summed E-state index contributed by atoms with van der Waals surface area (Å²) in [5.74, 6) is 4.18. The average Bonchev–Trinajstić information content (AvgIpc) is 2.98. The van der Waals surface area contributed by atoms with Crippen LogP contribution in [0, 0.1) is 0 Å². The molecule has 42 heavy (non-hydrogen) atoms. The van der Waals surface area contributed by atoms with Crippen molar-refractivity contribution in [2.75, 3.05) is 13.2 Å². The minimum Gasteiger partial charge on any atom is -0.492 e. The normalized spacial score (nSPS) is 12.5. The van der Waals surface area contributed by atoms with Gasteiger partial charge in [-0.15, -0.1) is 0 Å². The first-order chi connectivity index (χ1) is 20.6. The Balaban J connectivity index is 1.27. The van der Waals surface area contributed by atoms with Crippen molar-refractivity contribution < 1.29 is 18.9 Å². The number of hydrogen-bond acceptors (Lipinski definition) is 6. The van der Waals surface area contributed by atoms with E-state index in [0.717, 1.165) is 44.7 Å². The predicted octanol–water partition coefficient (Wildman–Crippen LogP) is 10.8. The molecule has 0 radical (unpaired) electrons. The number of hydrogen-bond donors (Lipinski definition) is 0. The number of halogens is 2. The molecule has 6 nitrogen and oxygen atoms in total. The molecule has 2 aliphatic heterocycles. The molecule has 2 aliphatic rings. The van der Waals surface area contributed by atoms with E-state index in [0.29, 0.717) is 46.9 Å². The van der Waals surface area contributed by atoms with Crippen molar-refractivity contribution in [1.29, 1.82) is 0 Å². The van der Waals surface area contributed by atoms with Crippen molar-refractivity contribution in [3.8, 4) is 34.5 Å². The minimum absolute atomic E-state index is 0.640. The smallest absolute Gasteiger partial charge is 0.155 e. The quantitative estimate of drug-likeness (QED) is 0.0962. The lowest BCUT2D eigenvalue weighted by molar-refractivity contribution is 0.302. The summed E-state index contributed by atoms with van der Waals surface area (Å²) in [6.07, 6.45) is 14.7. The number of ether oxygens (including phenoxy) is 4. The maximum atomic E-state index is 6.26. The molecule has 2 heterocycles. The van der Waals surface area contributed by atoms with Crippen LogP contribution >= 0.6 is 31.9 Å². The van der Waals surface area contributed by atoms with E-state index in [1.54, 1.807) is 0 Å². The zero-order valence-corrected chi connectivity index (χ0v) is 27.8. The van der Waals surface area contributed by atoms with Gasteiger partial charge in [0.1, 0.15) is 33.6 Å². The molecule has 3 aromatic carbocycles. The summed E-state index contributed by atoms with van der Waals surface area (Å²) in [6, 6.07) is 11.5. The zero-order chi connectivity index (χ0) is 29.3. The largest absolute Gasteiger partial charge is 0.492 e. The molecule has 0 amide bonds. The van der Waals surface area contributed by atoms with Gasteiger partial charge in [0, 0.05) is 36.4 Å². The maximum Gasteiger partial charge on any atom is 0.155 e. The summed E-state index contributed by atoms with van der Waals surface area (Å²) < 4.78 is 26.4. The number of nitrogens with zero attached hydrogens (tertiary/aromatic N) is 2. The third kappa shape index (κ3) is 7.87. The molecule has 5 rings (SSSR count). The summed E-state index contributed by atoms with van der Waals surface area (Å²) in [4.78, 5) is 9.75. The van der Waals surface area contributed by atoms with Gasteiger partial charge in [0.25, 0.3) is 0 Å². The third-order valence-corrected chi connectivity index (χ3v) is 8.74. The van der Waals surface area contributed by atoms with Crippen LogP contribution in [0.2, 0.25) is 0 Å². The molecule has 0 aliphatic carbocycles. The van der Waals surface area contributed by atoms with E-state index < -0.39 is 0 Å². The van der Waals surface area contributed by atoms with Crippen molar-refractivity contribution in [1.82, 2.24) is 0 Å². The predicted molar refractivity (Wildman–Crippen MR) is 174 cm³/mol. The molecular formula is C34H40Br2N2O4. The summed E-state index contributed by atoms with van der Waals surface area (Å²) >= 11 is 7.29. The number of benzene rings is 3. The molecule has 0 unspecified atom stereocenters. The molecule has 0 aromatic heterocycles. The van der Waals surface area contributed by atoms with Crippen LogP contribution in [0.5, 0.6) is 34.5 Å². The van der Waals surface area contributed by atoms with E-state index >= 15 is 0 Å². The number of rotatable bonds is 16. The number of fused-ring (bicyclic) bond motifs is 4. The SMILES string of the molecule is CCCCCCCCOc1cc2c(cc1Br)Oc1cc3c(cc1=N2)Oc1cc(Br)c(OCCCCCCCC)cc1N=3. The lowest BCUT2D eigenvalue weighted by Gasteiger charge is -2.20. The Labute approximate surface area is 265 Å². The summed E-state index contributed by atoms with van der Waals surface area (Å²) in [5.41, 5.74) is 1.46. The van der Waals surface area contributed by atoms with Crippen LogP contribution in [0.25, 0.3) is 0 Å². The van der Waals surface area contributed by atoms with Crippen LogP contribution in [0.3, 0.4) is 0 Å². The van der Waals surface area contributed by atoms with E-state index in [1.807, 2.05) is 36.4 Å². The molecule has 8 heteroatoms. The fourth-order valence-corrected chi connectivity index (χ4v) is 5.98. The Kier molecular flexibility index (Phi) is 11.2. The van der Waals surface area contributed by atoms with Gasteiger partial charge < -0.3 is 18.9 Å². The fraction of sp³-hybridized carbons (Fsp3) is 0.471. The van der Waals surface area contributed by atoms with Gasteiger partial charge in [-0.3, -0.25) is 0 Å². The van der Waals surface area contributed by atoms with E-state index in [2.05, 4.69) is 45.7 Å². The maximum absolute atomic E-state index is 6.26. The summed E-state index contributed by atoms with van der Waals surface area (Å²) in [7, 11) is 0. The first-order valence-electron chi connectivity index (χ1n) is 15.5. The summed E-state index contributed by atoms with van der Waals surface area (Å²) in [5, 5.41) is 1.39. The Morgan fingerprint density at radius 2 is 0.929 bits per heavy atom. The van der Waals surface area contributed by atoms with Crippen LogP contribution in [0.1, 0.15) is 90.9 Å². The van der Waals surface area contributed by atoms with Gasteiger partial charge in [0.15, 0.2) is 23.0 Å². The highest BCUT2D eigenvalue weighted by Gasteiger charge is 2.21. The fourth-order valence-electron chi connectivity index (χ4n) is 5.11. The molecular weight excluding hydrogens is 660 g/mol. The van der Waals surface area contributed by atoms with E-state index in [9.17, 15) is 0 Å². The molecule has 0 fully saturated rings. The third-order valence-electron chi connectivity index (χ3n) is 7.50. The van der Waals surface area contributed by atoms with Crippen LogP contribution in [0.4, 0.5) is 11.4 Å². The van der Waals surface area contributed by atoms with Gasteiger partial charge in [-0.2, -0.15) is 0 Å². The highest BCUT2D eigenvalue weighted by molar-refractivity contribution is 9.11. The molecule has 224 valence electrons. The van der Waals surface area contributed by atoms with Gasteiger partial charge in [-0.25, -0.2) is 9.98 Å². The Hall–Kier alpha value is -2.58. The van der Waals surface area contributed by atoms with Crippen molar-refractivity contribution >= 4 is 43.2 Å². The van der Waals surface area contributed by atoms with Crippen LogP contribution in [0.15, 0.2) is 55.3 Å². The van der Waals surface area contributed by atoms with E-state index in [4.69, 9.17) is 28.9 Å². The Bertz CT molecular complexity index is 1400. The second kappa shape index (κ2) is 15.2. The Morgan fingerprint density at radius 1 is 0.524 bits per heavy atom. The van der Waals surface area contributed by atoms with Crippen molar-refractivity contribution in [2.45, 2.75) is 90.9 Å². The molecule has 0 N–H and O–H groups in total. The lowest BCUT2D eigenvalue weighted by Crippen LogP contribution is -2.18. The second-order valence-corrected chi connectivity index (χ2v) is 12.7. The van der Waals surface area contributed by atoms with Crippen molar-refractivity contribution in [3.63, 3.8) is 0 Å². The lowest BCUT2D eigenvalue weighted by atomic mass is 10.1. The van der Waals surface area contributed by atoms with Crippen LogP contribution in [-0.4, -0.2) is 13.2 Å². The van der Waals surface area contributed by atoms with Crippen LogP contribution < -0.4 is 29.7 Å². The topological polar surface area (TPSA) is 61.6 Å². The molecule has 0 saturated carbocycles. The average molecular weight is 701 g/mol. The van der Waals surface area contributed by atoms with Gasteiger partial charge in [-0.1, -0.05) is 78.1 Å².